The van der Waals surface area contributed by atoms with Crippen molar-refractivity contribution < 1.29 is 0 Å². The molecule has 1 nitrogen and oxygen atoms in total. The van der Waals surface area contributed by atoms with Crippen LogP contribution in [0.1, 0.15) is 46.5 Å². The van der Waals surface area contributed by atoms with Crippen LogP contribution in [0.15, 0.2) is 0 Å². The van der Waals surface area contributed by atoms with Crippen molar-refractivity contribution in [3.8, 4) is 0 Å². The summed E-state index contributed by atoms with van der Waals surface area (Å²) < 4.78 is 0. The maximum atomic E-state index is 2.60. The Labute approximate surface area is 77.1 Å². The van der Waals surface area contributed by atoms with Crippen molar-refractivity contribution in [2.75, 3.05) is 13.1 Å². The molecule has 0 radical (unpaired) electrons. The van der Waals surface area contributed by atoms with Gasteiger partial charge in [-0.15, -0.1) is 0 Å². The van der Waals surface area contributed by atoms with Gasteiger partial charge in [-0.25, -0.2) is 0 Å². The summed E-state index contributed by atoms with van der Waals surface area (Å²) in [7, 11) is 0. The van der Waals surface area contributed by atoms with Crippen LogP contribution in [0, 0.1) is 5.92 Å². The Morgan fingerprint density at radius 1 is 1.33 bits per heavy atom. The summed E-state index contributed by atoms with van der Waals surface area (Å²) in [5.74, 6) is 1.02. The van der Waals surface area contributed by atoms with Crippen molar-refractivity contribution in [3.63, 3.8) is 0 Å². The smallest absolute Gasteiger partial charge is 0.00694 e. The van der Waals surface area contributed by atoms with E-state index in [9.17, 15) is 0 Å². The molecule has 1 rings (SSSR count). The van der Waals surface area contributed by atoms with Gasteiger partial charge in [0.2, 0.25) is 0 Å². The maximum Gasteiger partial charge on any atom is 0.00694 e. The van der Waals surface area contributed by atoms with Crippen LogP contribution in [0.5, 0.6) is 0 Å². The van der Waals surface area contributed by atoms with Crippen molar-refractivity contribution in [3.05, 3.63) is 0 Å². The minimum absolute atomic E-state index is 0.834. The van der Waals surface area contributed by atoms with E-state index >= 15 is 0 Å². The van der Waals surface area contributed by atoms with Crippen LogP contribution in [0.3, 0.4) is 0 Å². The number of piperidine rings is 1. The molecule has 1 aliphatic heterocycles. The molecule has 0 spiro atoms. The summed E-state index contributed by atoms with van der Waals surface area (Å²) in [6.45, 7) is 9.53. The predicted octanol–water partition coefficient (Wildman–Crippen LogP) is 2.91. The predicted molar refractivity (Wildman–Crippen MR) is 54.3 cm³/mol. The fourth-order valence-electron chi connectivity index (χ4n) is 2.46. The first-order valence-electron chi connectivity index (χ1n) is 5.52. The summed E-state index contributed by atoms with van der Waals surface area (Å²) in [5, 5.41) is 0. The topological polar surface area (TPSA) is 3.24 Å². The average Bonchev–Trinajstić information content (AvgIpc) is 2.05. The molecule has 1 saturated heterocycles. The lowest BCUT2D eigenvalue weighted by Crippen LogP contribution is -2.40. The van der Waals surface area contributed by atoms with E-state index in [0.29, 0.717) is 0 Å². The summed E-state index contributed by atoms with van der Waals surface area (Å²) in [6, 6.07) is 0.834. The highest BCUT2D eigenvalue weighted by Gasteiger charge is 2.23. The number of hydrogen-bond donors (Lipinski definition) is 0. The van der Waals surface area contributed by atoms with Crippen LogP contribution in [0.4, 0.5) is 0 Å². The van der Waals surface area contributed by atoms with Crippen molar-refractivity contribution in [2.45, 2.75) is 52.5 Å². The second-order valence-electron chi connectivity index (χ2n) is 4.16. The van der Waals surface area contributed by atoms with Crippen LogP contribution < -0.4 is 0 Å². The maximum absolute atomic E-state index is 2.60. The molecule has 0 aromatic heterocycles. The van der Waals surface area contributed by atoms with Crippen molar-refractivity contribution in [1.29, 1.82) is 0 Å². The minimum Gasteiger partial charge on any atom is -0.301 e. The first-order valence-corrected chi connectivity index (χ1v) is 5.52. The fraction of sp³-hybridized carbons (Fsp3) is 1.00. The van der Waals surface area contributed by atoms with E-state index in [4.69, 9.17) is 0 Å². The molecule has 12 heavy (non-hydrogen) atoms. The first kappa shape index (κ1) is 10.0. The molecule has 0 aromatic rings. The van der Waals surface area contributed by atoms with Gasteiger partial charge in [0, 0.05) is 6.04 Å². The highest BCUT2D eigenvalue weighted by atomic mass is 15.1. The highest BCUT2D eigenvalue weighted by Crippen LogP contribution is 2.25. The van der Waals surface area contributed by atoms with Gasteiger partial charge >= 0.3 is 0 Å². The molecule has 1 fully saturated rings. The lowest BCUT2D eigenvalue weighted by atomic mass is 9.88. The van der Waals surface area contributed by atoms with Crippen molar-refractivity contribution >= 4 is 0 Å². The van der Waals surface area contributed by atoms with Gasteiger partial charge in [0.05, 0.1) is 0 Å². The molecular weight excluding hydrogens is 146 g/mol. The Hall–Kier alpha value is -0.0400. The minimum atomic E-state index is 0.834. The molecule has 0 bridgehead atoms. The zero-order valence-electron chi connectivity index (χ0n) is 8.84. The fourth-order valence-corrected chi connectivity index (χ4v) is 2.46. The molecule has 2 unspecified atom stereocenters. The Bertz CT molecular complexity index is 122. The normalized spacial score (nSPS) is 32.2. The van der Waals surface area contributed by atoms with Gasteiger partial charge in [0.25, 0.3) is 0 Å². The molecule has 0 saturated carbocycles. The second-order valence-corrected chi connectivity index (χ2v) is 4.16. The number of rotatable bonds is 3. The summed E-state index contributed by atoms with van der Waals surface area (Å²) in [6.07, 6.45) is 5.68. The monoisotopic (exact) mass is 169 g/mol. The van der Waals surface area contributed by atoms with Gasteiger partial charge in [0.1, 0.15) is 0 Å². The Morgan fingerprint density at radius 3 is 2.58 bits per heavy atom. The van der Waals surface area contributed by atoms with Crippen LogP contribution in [0.25, 0.3) is 0 Å². The third-order valence-electron chi connectivity index (χ3n) is 3.23. The van der Waals surface area contributed by atoms with E-state index in [-0.39, 0.29) is 0 Å². The van der Waals surface area contributed by atoms with Crippen molar-refractivity contribution in [2.24, 2.45) is 5.92 Å². The Balaban J connectivity index is 2.30. The van der Waals surface area contributed by atoms with E-state index in [1.807, 2.05) is 0 Å². The third kappa shape index (κ3) is 2.48. The van der Waals surface area contributed by atoms with Gasteiger partial charge in [-0.2, -0.15) is 0 Å². The Kier molecular flexibility index (Phi) is 4.07. The molecule has 0 aliphatic carbocycles. The zero-order valence-corrected chi connectivity index (χ0v) is 8.84. The zero-order chi connectivity index (χ0) is 8.97. The van der Waals surface area contributed by atoms with Crippen LogP contribution in [0.2, 0.25) is 0 Å². The molecule has 2 atom stereocenters. The molecule has 0 aromatic carbocycles. The lowest BCUT2D eigenvalue weighted by molar-refractivity contribution is 0.125. The van der Waals surface area contributed by atoms with Crippen LogP contribution in [-0.4, -0.2) is 24.0 Å². The summed E-state index contributed by atoms with van der Waals surface area (Å²) in [5.41, 5.74) is 0. The van der Waals surface area contributed by atoms with E-state index in [2.05, 4.69) is 25.7 Å². The largest absolute Gasteiger partial charge is 0.301 e. The molecule has 0 N–H and O–H groups in total. The number of nitrogens with zero attached hydrogens (tertiary/aromatic N) is 1. The molecule has 72 valence electrons. The number of likely N-dealkylation sites (tertiary alicyclic amines) is 1. The van der Waals surface area contributed by atoms with Crippen molar-refractivity contribution in [1.82, 2.24) is 4.90 Å². The van der Waals surface area contributed by atoms with Gasteiger partial charge in [-0.3, -0.25) is 0 Å². The SMILES string of the molecule is CCCC1CCN(CC)C(C)C1. The van der Waals surface area contributed by atoms with Crippen LogP contribution in [-0.2, 0) is 0 Å². The molecular formula is C11H23N. The van der Waals surface area contributed by atoms with Gasteiger partial charge in [0.15, 0.2) is 0 Å². The first-order chi connectivity index (χ1) is 5.77. The molecule has 0 amide bonds. The van der Waals surface area contributed by atoms with E-state index in [1.54, 1.807) is 0 Å². The van der Waals surface area contributed by atoms with Gasteiger partial charge < -0.3 is 4.90 Å². The van der Waals surface area contributed by atoms with Crippen LogP contribution >= 0.6 is 0 Å². The van der Waals surface area contributed by atoms with Gasteiger partial charge in [-0.1, -0.05) is 26.7 Å². The molecule has 1 aliphatic rings. The molecule has 1 heterocycles. The third-order valence-corrected chi connectivity index (χ3v) is 3.23. The van der Waals surface area contributed by atoms with E-state index in [1.165, 1.54) is 38.8 Å². The number of hydrogen-bond acceptors (Lipinski definition) is 1. The second kappa shape index (κ2) is 4.86. The summed E-state index contributed by atoms with van der Waals surface area (Å²) >= 11 is 0. The average molecular weight is 169 g/mol. The molecule has 1 heteroatoms. The standard InChI is InChI=1S/C11H23N/c1-4-6-11-7-8-12(5-2)10(3)9-11/h10-11H,4-9H2,1-3H3. The lowest BCUT2D eigenvalue weighted by Gasteiger charge is -2.36. The quantitative estimate of drug-likeness (QED) is 0.628. The highest BCUT2D eigenvalue weighted by molar-refractivity contribution is 4.77. The van der Waals surface area contributed by atoms with E-state index < -0.39 is 0 Å². The van der Waals surface area contributed by atoms with Gasteiger partial charge in [-0.05, 0) is 38.8 Å². The Morgan fingerprint density at radius 2 is 2.08 bits per heavy atom. The van der Waals surface area contributed by atoms with E-state index in [0.717, 1.165) is 12.0 Å². The summed E-state index contributed by atoms with van der Waals surface area (Å²) in [4.78, 5) is 2.60.